The van der Waals surface area contributed by atoms with E-state index in [1.165, 1.54) is 0 Å². The number of carbonyl (C=O) groups excluding carboxylic acids is 2. The van der Waals surface area contributed by atoms with Crippen LogP contribution in [0.4, 0.5) is 5.69 Å². The molecule has 1 unspecified atom stereocenters. The number of amides is 2. The number of methoxy groups -OCH3 is 1. The molecule has 1 fully saturated rings. The Balaban J connectivity index is 1.88. The number of anilines is 1. The lowest BCUT2D eigenvalue weighted by atomic mass is 9.81. The fourth-order valence-corrected chi connectivity index (χ4v) is 3.52. The molecule has 7 heteroatoms. The largest absolute Gasteiger partial charge is 0.497 e. The number of ether oxygens (including phenoxy) is 1. The fourth-order valence-electron chi connectivity index (χ4n) is 3.52. The number of quaternary nitrogens is 1. The van der Waals surface area contributed by atoms with Crippen LogP contribution < -0.4 is 15.0 Å². The van der Waals surface area contributed by atoms with Crippen molar-refractivity contribution in [3.63, 3.8) is 0 Å². The average molecular weight is 373 g/mol. The van der Waals surface area contributed by atoms with Crippen LogP contribution in [0.15, 0.2) is 24.3 Å². The summed E-state index contributed by atoms with van der Waals surface area (Å²) in [4.78, 5) is 27.3. The SMILES string of the molecule is COc1cccc(NC(=O)C[NH+](C)CC(=O)N(C)C2(C#N)CCCCC2)c1. The molecule has 2 amide bonds. The van der Waals surface area contributed by atoms with Gasteiger partial charge in [0.05, 0.1) is 20.2 Å². The third-order valence-electron chi connectivity index (χ3n) is 5.17. The van der Waals surface area contributed by atoms with Crippen LogP contribution in [0.5, 0.6) is 5.75 Å². The van der Waals surface area contributed by atoms with Gasteiger partial charge < -0.3 is 19.9 Å². The van der Waals surface area contributed by atoms with Crippen molar-refractivity contribution < 1.29 is 19.2 Å². The maximum Gasteiger partial charge on any atom is 0.279 e. The number of carbonyl (C=O) groups is 2. The number of nitrogens with one attached hydrogen (secondary N) is 2. The van der Waals surface area contributed by atoms with Crippen molar-refractivity contribution in [3.05, 3.63) is 24.3 Å². The van der Waals surface area contributed by atoms with Gasteiger partial charge in [0.1, 0.15) is 11.3 Å². The van der Waals surface area contributed by atoms with Gasteiger partial charge in [0.2, 0.25) is 0 Å². The highest BCUT2D eigenvalue weighted by Crippen LogP contribution is 2.32. The predicted octanol–water partition coefficient (Wildman–Crippen LogP) is 0.833. The van der Waals surface area contributed by atoms with E-state index >= 15 is 0 Å². The third kappa shape index (κ3) is 5.44. The van der Waals surface area contributed by atoms with Crippen molar-refractivity contribution >= 4 is 17.5 Å². The lowest BCUT2D eigenvalue weighted by Gasteiger charge is -2.39. The monoisotopic (exact) mass is 373 g/mol. The highest BCUT2D eigenvalue weighted by molar-refractivity contribution is 5.91. The van der Waals surface area contributed by atoms with E-state index < -0.39 is 5.54 Å². The molecular formula is C20H29N4O3+. The summed E-state index contributed by atoms with van der Waals surface area (Å²) in [5, 5.41) is 12.4. The second-order valence-electron chi connectivity index (χ2n) is 7.25. The molecule has 0 bridgehead atoms. The molecule has 7 nitrogen and oxygen atoms in total. The van der Waals surface area contributed by atoms with Gasteiger partial charge in [-0.05, 0) is 25.0 Å². The van der Waals surface area contributed by atoms with Crippen LogP contribution in [-0.2, 0) is 9.59 Å². The zero-order valence-corrected chi connectivity index (χ0v) is 16.4. The lowest BCUT2D eigenvalue weighted by molar-refractivity contribution is -0.862. The van der Waals surface area contributed by atoms with Crippen LogP contribution in [0.2, 0.25) is 0 Å². The molecule has 146 valence electrons. The summed E-state index contributed by atoms with van der Waals surface area (Å²) in [6, 6.07) is 9.49. The molecule has 1 saturated carbocycles. The van der Waals surface area contributed by atoms with Crippen LogP contribution >= 0.6 is 0 Å². The fraction of sp³-hybridized carbons (Fsp3) is 0.550. The van der Waals surface area contributed by atoms with E-state index in [0.29, 0.717) is 11.4 Å². The molecule has 1 atom stereocenters. The van der Waals surface area contributed by atoms with Crippen molar-refractivity contribution in [3.8, 4) is 11.8 Å². The number of rotatable bonds is 7. The predicted molar refractivity (Wildman–Crippen MR) is 102 cm³/mol. The Morgan fingerprint density at radius 1 is 1.30 bits per heavy atom. The molecule has 0 spiro atoms. The van der Waals surface area contributed by atoms with E-state index in [2.05, 4.69) is 11.4 Å². The van der Waals surface area contributed by atoms with Crippen molar-refractivity contribution in [1.82, 2.24) is 4.90 Å². The number of benzene rings is 1. The van der Waals surface area contributed by atoms with E-state index in [-0.39, 0.29) is 24.9 Å². The summed E-state index contributed by atoms with van der Waals surface area (Å²) >= 11 is 0. The summed E-state index contributed by atoms with van der Waals surface area (Å²) in [5.74, 6) is 0.383. The Hall–Kier alpha value is -2.59. The first-order valence-electron chi connectivity index (χ1n) is 9.33. The Bertz CT molecular complexity index is 707. The Kier molecular flexibility index (Phi) is 7.19. The first-order valence-corrected chi connectivity index (χ1v) is 9.33. The van der Waals surface area contributed by atoms with Gasteiger partial charge in [-0.2, -0.15) is 5.26 Å². The van der Waals surface area contributed by atoms with Crippen LogP contribution in [0.1, 0.15) is 32.1 Å². The molecule has 1 aromatic carbocycles. The minimum atomic E-state index is -0.696. The Morgan fingerprint density at radius 2 is 2.00 bits per heavy atom. The number of nitriles is 1. The van der Waals surface area contributed by atoms with E-state index in [4.69, 9.17) is 4.74 Å². The van der Waals surface area contributed by atoms with E-state index in [9.17, 15) is 14.9 Å². The molecule has 0 aliphatic heterocycles. The standard InChI is InChI=1S/C20H28N4O3/c1-23(13-18(25)22-16-8-7-9-17(12-16)27-3)14-19(26)24(2)20(15-21)10-5-4-6-11-20/h7-9,12H,4-6,10-11,13-14H2,1-3H3,(H,22,25)/p+1. The minimum Gasteiger partial charge on any atom is -0.497 e. The van der Waals surface area contributed by atoms with Crippen LogP contribution in [-0.4, -0.2) is 56.5 Å². The Morgan fingerprint density at radius 3 is 2.63 bits per heavy atom. The molecular weight excluding hydrogens is 344 g/mol. The average Bonchev–Trinajstić information content (AvgIpc) is 2.67. The molecule has 1 aliphatic carbocycles. The molecule has 0 saturated heterocycles. The maximum absolute atomic E-state index is 12.6. The van der Waals surface area contributed by atoms with Crippen molar-refractivity contribution in [2.45, 2.75) is 37.6 Å². The molecule has 0 aromatic heterocycles. The van der Waals surface area contributed by atoms with Gasteiger partial charge in [-0.3, -0.25) is 9.59 Å². The summed E-state index contributed by atoms with van der Waals surface area (Å²) in [6.07, 6.45) is 4.50. The normalized spacial score (nSPS) is 16.7. The maximum atomic E-state index is 12.6. The number of nitrogens with zero attached hydrogens (tertiary/aromatic N) is 2. The Labute approximate surface area is 160 Å². The number of likely N-dealkylation sites (N-methyl/N-ethyl adjacent to an activating group) is 2. The van der Waals surface area contributed by atoms with Crippen LogP contribution in [0.3, 0.4) is 0 Å². The molecule has 1 aliphatic rings. The summed E-state index contributed by atoms with van der Waals surface area (Å²) in [7, 11) is 5.08. The van der Waals surface area contributed by atoms with Gasteiger partial charge >= 0.3 is 0 Å². The first-order chi connectivity index (χ1) is 12.9. The highest BCUT2D eigenvalue weighted by atomic mass is 16.5. The molecule has 0 radical (unpaired) electrons. The quantitative estimate of drug-likeness (QED) is 0.741. The van der Waals surface area contributed by atoms with Crippen LogP contribution in [0, 0.1) is 11.3 Å². The van der Waals surface area contributed by atoms with E-state index in [1.807, 2.05) is 0 Å². The minimum absolute atomic E-state index is 0.106. The van der Waals surface area contributed by atoms with Crippen molar-refractivity contribution in [1.29, 1.82) is 5.26 Å². The zero-order valence-electron chi connectivity index (χ0n) is 16.4. The topological polar surface area (TPSA) is 86.9 Å². The molecule has 2 rings (SSSR count). The van der Waals surface area contributed by atoms with Gasteiger partial charge in [0.15, 0.2) is 13.1 Å². The smallest absolute Gasteiger partial charge is 0.279 e. The van der Waals surface area contributed by atoms with Gasteiger partial charge in [-0.15, -0.1) is 0 Å². The van der Waals surface area contributed by atoms with Gasteiger partial charge in [-0.25, -0.2) is 0 Å². The number of hydrogen-bond donors (Lipinski definition) is 2. The summed E-state index contributed by atoms with van der Waals surface area (Å²) in [6.45, 7) is 0.335. The van der Waals surface area contributed by atoms with Gasteiger partial charge in [-0.1, -0.05) is 25.3 Å². The second kappa shape index (κ2) is 9.38. The van der Waals surface area contributed by atoms with E-state index in [1.54, 1.807) is 50.4 Å². The molecule has 27 heavy (non-hydrogen) atoms. The second-order valence-corrected chi connectivity index (χ2v) is 7.25. The van der Waals surface area contributed by atoms with Crippen molar-refractivity contribution in [2.24, 2.45) is 0 Å². The zero-order chi connectivity index (χ0) is 19.9. The van der Waals surface area contributed by atoms with Crippen molar-refractivity contribution in [2.75, 3.05) is 39.6 Å². The molecule has 1 aromatic rings. The first kappa shape index (κ1) is 20.7. The lowest BCUT2D eigenvalue weighted by Crippen LogP contribution is -3.11. The van der Waals surface area contributed by atoms with Crippen LogP contribution in [0.25, 0.3) is 0 Å². The van der Waals surface area contributed by atoms with Gasteiger partial charge in [0.25, 0.3) is 11.8 Å². The summed E-state index contributed by atoms with van der Waals surface area (Å²) in [5.41, 5.74) is -0.0420. The number of hydrogen-bond acceptors (Lipinski definition) is 4. The van der Waals surface area contributed by atoms with Gasteiger partial charge in [0, 0.05) is 18.8 Å². The summed E-state index contributed by atoms with van der Waals surface area (Å²) < 4.78 is 5.14. The molecule has 0 heterocycles. The third-order valence-corrected chi connectivity index (χ3v) is 5.17. The highest BCUT2D eigenvalue weighted by Gasteiger charge is 2.39. The molecule has 2 N–H and O–H groups in total. The van der Waals surface area contributed by atoms with E-state index in [0.717, 1.165) is 37.0 Å².